The lowest BCUT2D eigenvalue weighted by Gasteiger charge is -2.33. The van der Waals surface area contributed by atoms with E-state index in [1.54, 1.807) is 4.90 Å². The number of hydrogen-bond donors (Lipinski definition) is 3. The smallest absolute Gasteiger partial charge is 0.323 e. The first-order chi connectivity index (χ1) is 10.6. The summed E-state index contributed by atoms with van der Waals surface area (Å²) in [4.78, 5) is 13.0. The van der Waals surface area contributed by atoms with Crippen LogP contribution in [-0.4, -0.2) is 33.7 Å². The van der Waals surface area contributed by atoms with Gasteiger partial charge in [-0.15, -0.1) is 0 Å². The van der Waals surface area contributed by atoms with E-state index in [2.05, 4.69) is 0 Å². The fourth-order valence-electron chi connectivity index (χ4n) is 2.36. The Hall–Kier alpha value is -2.21. The van der Waals surface area contributed by atoms with Crippen molar-refractivity contribution in [3.8, 4) is 0 Å². The van der Waals surface area contributed by atoms with E-state index in [0.717, 1.165) is 11.1 Å². The van der Waals surface area contributed by atoms with Crippen molar-refractivity contribution in [1.82, 2.24) is 4.90 Å². The van der Waals surface area contributed by atoms with Crippen LogP contribution in [0.4, 0.5) is 0 Å². The number of aliphatic hydroxyl groups is 1. The minimum atomic E-state index is -1.09. The van der Waals surface area contributed by atoms with E-state index in [1.165, 1.54) is 0 Å². The van der Waals surface area contributed by atoms with Gasteiger partial charge in [0.05, 0.1) is 12.8 Å². The average molecular weight is 300 g/mol. The van der Waals surface area contributed by atoms with E-state index in [4.69, 9.17) is 5.73 Å². The number of benzene rings is 2. The maximum Gasteiger partial charge on any atom is 0.323 e. The molecule has 0 heterocycles. The number of carbonyl (C=O) groups is 1. The fourth-order valence-corrected chi connectivity index (χ4v) is 2.36. The first-order valence-corrected chi connectivity index (χ1v) is 7.07. The second-order valence-corrected chi connectivity index (χ2v) is 5.05. The predicted octanol–water partition coefficient (Wildman–Crippen LogP) is 1.59. The third-order valence-electron chi connectivity index (χ3n) is 3.56. The van der Waals surface area contributed by atoms with Gasteiger partial charge in [0.2, 0.25) is 0 Å². The first kappa shape index (κ1) is 16.2. The summed E-state index contributed by atoms with van der Waals surface area (Å²) in [6.07, 6.45) is -0.616. The van der Waals surface area contributed by atoms with Crippen LogP contribution in [0, 0.1) is 0 Å². The van der Waals surface area contributed by atoms with Gasteiger partial charge in [0, 0.05) is 6.54 Å². The van der Waals surface area contributed by atoms with Gasteiger partial charge >= 0.3 is 5.97 Å². The number of carboxylic acids is 1. The van der Waals surface area contributed by atoms with Crippen LogP contribution in [0.1, 0.15) is 17.3 Å². The van der Waals surface area contributed by atoms with Gasteiger partial charge in [-0.25, -0.2) is 0 Å². The zero-order valence-corrected chi connectivity index (χ0v) is 12.2. The zero-order valence-electron chi connectivity index (χ0n) is 12.2. The Kier molecular flexibility index (Phi) is 5.66. The van der Waals surface area contributed by atoms with Crippen molar-refractivity contribution in [2.75, 3.05) is 6.61 Å². The summed E-state index contributed by atoms with van der Waals surface area (Å²) in [6.45, 7) is -0.156. The van der Waals surface area contributed by atoms with Crippen molar-refractivity contribution in [2.45, 2.75) is 18.8 Å². The second kappa shape index (κ2) is 7.70. The molecule has 4 N–H and O–H groups in total. The van der Waals surface area contributed by atoms with E-state index in [1.807, 2.05) is 60.7 Å². The molecule has 0 radical (unpaired) electrons. The molecule has 0 saturated carbocycles. The molecule has 5 nitrogen and oxygen atoms in total. The van der Waals surface area contributed by atoms with E-state index >= 15 is 0 Å². The highest BCUT2D eigenvalue weighted by molar-refractivity contribution is 5.73. The molecule has 0 aliphatic carbocycles. The second-order valence-electron chi connectivity index (χ2n) is 5.05. The third kappa shape index (κ3) is 3.92. The van der Waals surface area contributed by atoms with Crippen LogP contribution in [0.15, 0.2) is 60.7 Å². The first-order valence-electron chi connectivity index (χ1n) is 7.07. The minimum absolute atomic E-state index is 0.342. The number of nitrogens with zero attached hydrogens (tertiary/aromatic N) is 1. The maximum atomic E-state index is 11.4. The van der Waals surface area contributed by atoms with Gasteiger partial charge in [-0.2, -0.15) is 0 Å². The van der Waals surface area contributed by atoms with Crippen molar-refractivity contribution >= 4 is 5.97 Å². The maximum absolute atomic E-state index is 11.4. The van der Waals surface area contributed by atoms with Crippen LogP contribution >= 0.6 is 0 Å². The van der Waals surface area contributed by atoms with Crippen LogP contribution < -0.4 is 5.73 Å². The molecule has 22 heavy (non-hydrogen) atoms. The molecule has 5 heteroatoms. The Bertz CT molecular complexity index is 589. The molecule has 0 amide bonds. The third-order valence-corrected chi connectivity index (χ3v) is 3.56. The molecule has 0 saturated heterocycles. The normalized spacial score (nSPS) is 13.8. The lowest BCUT2D eigenvalue weighted by molar-refractivity contribution is -0.146. The quantitative estimate of drug-likeness (QED) is 0.676. The average Bonchev–Trinajstić information content (AvgIpc) is 2.55. The molecule has 0 aliphatic heterocycles. The van der Waals surface area contributed by atoms with Gasteiger partial charge in [0.1, 0.15) is 6.04 Å². The summed E-state index contributed by atoms with van der Waals surface area (Å²) in [6, 6.07) is 17.7. The highest BCUT2D eigenvalue weighted by Gasteiger charge is 2.30. The molecular weight excluding hydrogens is 280 g/mol. The number of aliphatic carboxylic acids is 1. The number of aliphatic hydroxyl groups excluding tert-OH is 1. The Morgan fingerprint density at radius 1 is 1.05 bits per heavy atom. The van der Waals surface area contributed by atoms with Crippen molar-refractivity contribution in [2.24, 2.45) is 5.73 Å². The van der Waals surface area contributed by atoms with Gasteiger partial charge in [0.15, 0.2) is 0 Å². The van der Waals surface area contributed by atoms with E-state index in [-0.39, 0.29) is 0 Å². The summed E-state index contributed by atoms with van der Waals surface area (Å²) in [5.41, 5.74) is 8.00. The summed E-state index contributed by atoms with van der Waals surface area (Å²) in [5, 5.41) is 18.8. The predicted molar refractivity (Wildman–Crippen MR) is 83.9 cm³/mol. The highest BCUT2D eigenvalue weighted by atomic mass is 16.4. The summed E-state index contributed by atoms with van der Waals surface area (Å²) >= 11 is 0. The Morgan fingerprint density at radius 2 is 1.59 bits per heavy atom. The van der Waals surface area contributed by atoms with Gasteiger partial charge in [-0.05, 0) is 11.1 Å². The molecule has 2 aromatic rings. The molecule has 2 aromatic carbocycles. The molecule has 116 valence electrons. The van der Waals surface area contributed by atoms with Gasteiger partial charge in [-0.3, -0.25) is 9.69 Å². The Morgan fingerprint density at radius 3 is 2.09 bits per heavy atom. The molecule has 0 aliphatic rings. The molecule has 2 unspecified atom stereocenters. The minimum Gasteiger partial charge on any atom is -0.480 e. The SMILES string of the molecule is NC(c1ccccc1)N(Cc1ccccc1)C(CO)C(=O)O. The van der Waals surface area contributed by atoms with Crippen LogP contribution in [0.3, 0.4) is 0 Å². The monoisotopic (exact) mass is 300 g/mol. The molecule has 0 aromatic heterocycles. The Labute approximate surface area is 129 Å². The number of carboxylic acid groups (broad SMARTS) is 1. The van der Waals surface area contributed by atoms with Gasteiger partial charge < -0.3 is 15.9 Å². The molecular formula is C17H20N2O3. The van der Waals surface area contributed by atoms with Crippen molar-refractivity contribution in [3.05, 3.63) is 71.8 Å². The van der Waals surface area contributed by atoms with Crippen molar-refractivity contribution in [3.63, 3.8) is 0 Å². The summed E-state index contributed by atoms with van der Waals surface area (Å²) in [7, 11) is 0. The molecule has 0 spiro atoms. The molecule has 0 bridgehead atoms. The van der Waals surface area contributed by atoms with Crippen LogP contribution in [0.25, 0.3) is 0 Å². The number of nitrogens with two attached hydrogens (primary N) is 1. The fraction of sp³-hybridized carbons (Fsp3) is 0.235. The Balaban J connectivity index is 2.30. The summed E-state index contributed by atoms with van der Waals surface area (Å²) in [5.74, 6) is -1.09. The van der Waals surface area contributed by atoms with Gasteiger partial charge in [0.25, 0.3) is 0 Å². The standard InChI is InChI=1S/C17H20N2O3/c18-16(14-9-5-2-6-10-14)19(15(12-20)17(21)22)11-13-7-3-1-4-8-13/h1-10,15-16,20H,11-12,18H2,(H,21,22). The van der Waals surface area contributed by atoms with E-state index < -0.39 is 24.8 Å². The van der Waals surface area contributed by atoms with Crippen LogP contribution in [-0.2, 0) is 11.3 Å². The molecule has 0 fully saturated rings. The van der Waals surface area contributed by atoms with E-state index in [0.29, 0.717) is 6.54 Å². The lowest BCUT2D eigenvalue weighted by Crippen LogP contribution is -2.48. The van der Waals surface area contributed by atoms with E-state index in [9.17, 15) is 15.0 Å². The van der Waals surface area contributed by atoms with Crippen molar-refractivity contribution in [1.29, 1.82) is 0 Å². The molecule has 2 atom stereocenters. The summed E-state index contributed by atoms with van der Waals surface area (Å²) < 4.78 is 0. The molecule has 2 rings (SSSR count). The van der Waals surface area contributed by atoms with Crippen LogP contribution in [0.2, 0.25) is 0 Å². The highest BCUT2D eigenvalue weighted by Crippen LogP contribution is 2.21. The zero-order chi connectivity index (χ0) is 15.9. The lowest BCUT2D eigenvalue weighted by atomic mass is 10.1. The largest absolute Gasteiger partial charge is 0.480 e. The number of hydrogen-bond acceptors (Lipinski definition) is 4. The van der Waals surface area contributed by atoms with Gasteiger partial charge in [-0.1, -0.05) is 60.7 Å². The van der Waals surface area contributed by atoms with Crippen LogP contribution in [0.5, 0.6) is 0 Å². The topological polar surface area (TPSA) is 86.8 Å². The number of rotatable bonds is 7. The van der Waals surface area contributed by atoms with Crippen molar-refractivity contribution < 1.29 is 15.0 Å².